The van der Waals surface area contributed by atoms with E-state index in [1.54, 1.807) is 11.3 Å². The zero-order valence-corrected chi connectivity index (χ0v) is 11.5. The van der Waals surface area contributed by atoms with Gasteiger partial charge in [0.05, 0.1) is 0 Å². The average molecular weight is 270 g/mol. The second-order valence-corrected chi connectivity index (χ2v) is 5.75. The van der Waals surface area contributed by atoms with Crippen LogP contribution in [-0.2, 0) is 11.2 Å². The first kappa shape index (κ1) is 14.5. The van der Waals surface area contributed by atoms with Crippen LogP contribution in [0.3, 0.4) is 0 Å². The molecule has 0 saturated carbocycles. The van der Waals surface area contributed by atoms with Crippen LogP contribution in [0.2, 0.25) is 0 Å². The Balaban J connectivity index is 2.43. The Hall–Kier alpha value is -1.56. The van der Waals surface area contributed by atoms with Gasteiger partial charge in [-0.15, -0.1) is 11.3 Å². The minimum atomic E-state index is -1.27. The molecule has 0 bridgehead atoms. The Labute approximate surface area is 110 Å². The highest BCUT2D eigenvalue weighted by Crippen LogP contribution is 2.11. The number of thiophene rings is 1. The van der Waals surface area contributed by atoms with Crippen LogP contribution in [0.4, 0.5) is 4.79 Å². The zero-order chi connectivity index (χ0) is 13.8. The fraction of sp³-hybridized carbons (Fsp3) is 0.500. The predicted octanol–water partition coefficient (Wildman–Crippen LogP) is 1.84. The van der Waals surface area contributed by atoms with Gasteiger partial charge in [-0.2, -0.15) is 0 Å². The summed E-state index contributed by atoms with van der Waals surface area (Å²) in [5.41, 5.74) is -1.27. The van der Waals surface area contributed by atoms with Gasteiger partial charge in [0.1, 0.15) is 5.54 Å². The number of aliphatic carboxylic acids is 1. The molecule has 1 aromatic rings. The van der Waals surface area contributed by atoms with Crippen molar-refractivity contribution in [2.24, 2.45) is 0 Å². The van der Waals surface area contributed by atoms with Gasteiger partial charge in [-0.1, -0.05) is 6.07 Å². The molecule has 1 atom stereocenters. The van der Waals surface area contributed by atoms with E-state index in [-0.39, 0.29) is 6.04 Å². The van der Waals surface area contributed by atoms with Gasteiger partial charge in [-0.25, -0.2) is 9.59 Å². The van der Waals surface area contributed by atoms with Crippen molar-refractivity contribution >= 4 is 23.3 Å². The van der Waals surface area contributed by atoms with Crippen LogP contribution in [0.5, 0.6) is 0 Å². The largest absolute Gasteiger partial charge is 0.480 e. The standard InChI is InChI=1S/C12H18N2O3S/c1-8(7-9-5-4-6-18-9)13-11(17)14-12(2,3)10(15)16/h4-6,8H,7H2,1-3H3,(H,15,16)(H2,13,14,17). The molecule has 1 heterocycles. The van der Waals surface area contributed by atoms with Gasteiger partial charge in [0.15, 0.2) is 0 Å². The normalized spacial score (nSPS) is 12.8. The molecule has 0 radical (unpaired) electrons. The topological polar surface area (TPSA) is 78.4 Å². The SMILES string of the molecule is CC(Cc1cccs1)NC(=O)NC(C)(C)C(=O)O. The molecule has 0 aromatic carbocycles. The van der Waals surface area contributed by atoms with Gasteiger partial charge in [-0.05, 0) is 32.2 Å². The molecule has 0 fully saturated rings. The van der Waals surface area contributed by atoms with E-state index in [2.05, 4.69) is 10.6 Å². The van der Waals surface area contributed by atoms with E-state index in [0.717, 1.165) is 6.42 Å². The smallest absolute Gasteiger partial charge is 0.328 e. The first-order chi connectivity index (χ1) is 8.31. The van der Waals surface area contributed by atoms with Crippen LogP contribution in [0.15, 0.2) is 17.5 Å². The Morgan fingerprint density at radius 1 is 1.50 bits per heavy atom. The number of carbonyl (C=O) groups is 2. The highest BCUT2D eigenvalue weighted by molar-refractivity contribution is 7.09. The van der Waals surface area contributed by atoms with E-state index in [1.165, 1.54) is 18.7 Å². The van der Waals surface area contributed by atoms with Crippen molar-refractivity contribution < 1.29 is 14.7 Å². The molecule has 1 aromatic heterocycles. The molecule has 3 N–H and O–H groups in total. The van der Waals surface area contributed by atoms with Gasteiger partial charge in [0.25, 0.3) is 0 Å². The molecule has 5 nitrogen and oxygen atoms in total. The molecule has 1 unspecified atom stereocenters. The van der Waals surface area contributed by atoms with Gasteiger partial charge >= 0.3 is 12.0 Å². The number of amides is 2. The molecule has 1 rings (SSSR count). The summed E-state index contributed by atoms with van der Waals surface area (Å²) >= 11 is 1.63. The lowest BCUT2D eigenvalue weighted by molar-refractivity contribution is -0.142. The number of nitrogens with one attached hydrogen (secondary N) is 2. The Morgan fingerprint density at radius 3 is 2.67 bits per heavy atom. The van der Waals surface area contributed by atoms with Crippen LogP contribution in [0.25, 0.3) is 0 Å². The number of carboxylic acids is 1. The lowest BCUT2D eigenvalue weighted by atomic mass is 10.1. The number of hydrogen-bond donors (Lipinski definition) is 3. The number of hydrogen-bond acceptors (Lipinski definition) is 3. The highest BCUT2D eigenvalue weighted by atomic mass is 32.1. The van der Waals surface area contributed by atoms with Gasteiger partial charge < -0.3 is 15.7 Å². The Morgan fingerprint density at radius 2 is 2.17 bits per heavy atom. The second-order valence-electron chi connectivity index (χ2n) is 4.71. The van der Waals surface area contributed by atoms with Gasteiger partial charge in [0.2, 0.25) is 0 Å². The lowest BCUT2D eigenvalue weighted by Gasteiger charge is -2.23. The fourth-order valence-corrected chi connectivity index (χ4v) is 2.21. The predicted molar refractivity (Wildman–Crippen MR) is 70.9 cm³/mol. The maximum atomic E-state index is 11.6. The van der Waals surface area contributed by atoms with Crippen molar-refractivity contribution in [3.63, 3.8) is 0 Å². The molecule has 0 spiro atoms. The van der Waals surface area contributed by atoms with E-state index < -0.39 is 17.5 Å². The summed E-state index contributed by atoms with van der Waals surface area (Å²) < 4.78 is 0. The first-order valence-corrected chi connectivity index (χ1v) is 6.53. The third-order valence-electron chi connectivity index (χ3n) is 2.43. The van der Waals surface area contributed by atoms with Crippen molar-refractivity contribution in [1.29, 1.82) is 0 Å². The molecule has 0 saturated heterocycles. The first-order valence-electron chi connectivity index (χ1n) is 5.65. The summed E-state index contributed by atoms with van der Waals surface area (Å²) in [4.78, 5) is 23.7. The van der Waals surface area contributed by atoms with Crippen molar-refractivity contribution in [3.05, 3.63) is 22.4 Å². The molecule has 0 aliphatic carbocycles. The molecule has 6 heteroatoms. The molecule has 0 aliphatic rings. The van der Waals surface area contributed by atoms with Crippen molar-refractivity contribution in [2.45, 2.75) is 38.8 Å². The molecule has 2 amide bonds. The summed E-state index contributed by atoms with van der Waals surface area (Å²) in [5.74, 6) is -1.07. The van der Waals surface area contributed by atoms with Crippen LogP contribution >= 0.6 is 11.3 Å². The van der Waals surface area contributed by atoms with E-state index in [1.807, 2.05) is 24.4 Å². The molecule has 0 aliphatic heterocycles. The van der Waals surface area contributed by atoms with E-state index in [4.69, 9.17) is 5.11 Å². The van der Waals surface area contributed by atoms with Crippen LogP contribution < -0.4 is 10.6 Å². The zero-order valence-electron chi connectivity index (χ0n) is 10.7. The summed E-state index contributed by atoms with van der Waals surface area (Å²) in [6.45, 7) is 4.77. The molecular formula is C12H18N2O3S. The maximum Gasteiger partial charge on any atom is 0.328 e. The van der Waals surface area contributed by atoms with Crippen LogP contribution in [0.1, 0.15) is 25.6 Å². The van der Waals surface area contributed by atoms with E-state index in [9.17, 15) is 9.59 Å². The number of rotatable bonds is 5. The molecular weight excluding hydrogens is 252 g/mol. The van der Waals surface area contributed by atoms with Crippen molar-refractivity contribution in [3.8, 4) is 0 Å². The number of urea groups is 1. The minimum absolute atomic E-state index is 0.0479. The van der Waals surface area contributed by atoms with Crippen molar-refractivity contribution in [2.75, 3.05) is 0 Å². The monoisotopic (exact) mass is 270 g/mol. The summed E-state index contributed by atoms with van der Waals surface area (Å²) in [6.07, 6.45) is 0.735. The Bertz CT molecular complexity index is 415. The molecule has 18 heavy (non-hydrogen) atoms. The minimum Gasteiger partial charge on any atom is -0.480 e. The number of carbonyl (C=O) groups excluding carboxylic acids is 1. The van der Waals surface area contributed by atoms with E-state index in [0.29, 0.717) is 0 Å². The lowest BCUT2D eigenvalue weighted by Crippen LogP contribution is -2.54. The van der Waals surface area contributed by atoms with Gasteiger partial charge in [-0.3, -0.25) is 0 Å². The number of carboxylic acid groups (broad SMARTS) is 1. The van der Waals surface area contributed by atoms with Crippen LogP contribution in [-0.4, -0.2) is 28.7 Å². The summed E-state index contributed by atoms with van der Waals surface area (Å²) in [6, 6.07) is 3.45. The van der Waals surface area contributed by atoms with E-state index >= 15 is 0 Å². The average Bonchev–Trinajstić information content (AvgIpc) is 2.68. The molecule has 100 valence electrons. The second kappa shape index (κ2) is 5.86. The van der Waals surface area contributed by atoms with Crippen molar-refractivity contribution in [1.82, 2.24) is 10.6 Å². The highest BCUT2D eigenvalue weighted by Gasteiger charge is 2.29. The maximum absolute atomic E-state index is 11.6. The quantitative estimate of drug-likeness (QED) is 0.764. The van der Waals surface area contributed by atoms with Crippen LogP contribution in [0, 0.1) is 0 Å². The third-order valence-corrected chi connectivity index (χ3v) is 3.32. The van der Waals surface area contributed by atoms with Gasteiger partial charge in [0, 0.05) is 17.3 Å². The summed E-state index contributed by atoms with van der Waals surface area (Å²) in [5, 5.41) is 16.0. The summed E-state index contributed by atoms with van der Waals surface area (Å²) in [7, 11) is 0. The Kier molecular flexibility index (Phi) is 4.72. The fourth-order valence-electron chi connectivity index (χ4n) is 1.38. The third kappa shape index (κ3) is 4.37.